The van der Waals surface area contributed by atoms with Gasteiger partial charge in [-0.05, 0) is 30.7 Å². The Bertz CT molecular complexity index is 661. The maximum absolute atomic E-state index is 6.08. The molecule has 2 rings (SSSR count). The maximum atomic E-state index is 6.08. The lowest BCUT2D eigenvalue weighted by Crippen LogP contribution is -2.11. The van der Waals surface area contributed by atoms with Crippen LogP contribution in [0, 0.1) is 6.92 Å². The van der Waals surface area contributed by atoms with Gasteiger partial charge in [-0.2, -0.15) is 0 Å². The molecule has 1 heterocycles. The van der Waals surface area contributed by atoms with Gasteiger partial charge in [0.1, 0.15) is 10.7 Å². The fourth-order valence-corrected chi connectivity index (χ4v) is 1.99. The highest BCUT2D eigenvalue weighted by Crippen LogP contribution is 2.33. The molecule has 0 saturated heterocycles. The largest absolute Gasteiger partial charge is 0.495 e. The number of anilines is 2. The predicted octanol–water partition coefficient (Wildman–Crippen LogP) is 3.43. The third kappa shape index (κ3) is 3.18. The van der Waals surface area contributed by atoms with E-state index in [1.54, 1.807) is 25.4 Å². The zero-order valence-corrected chi connectivity index (χ0v) is 12.7. The Balaban J connectivity index is 2.36. The number of hydrogen-bond donors (Lipinski definition) is 2. The number of methoxy groups -OCH3 is 1. The van der Waals surface area contributed by atoms with Gasteiger partial charge in [-0.25, -0.2) is 0 Å². The lowest BCUT2D eigenvalue weighted by atomic mass is 10.2. The smallest absolute Gasteiger partial charge is 0.143 e. The second-order valence-corrected chi connectivity index (χ2v) is 5.07. The normalized spacial score (nSPS) is 10.2. The molecule has 0 fully saturated rings. The number of ether oxygens (including phenoxy) is 1. The average Bonchev–Trinajstić information content (AvgIpc) is 2.43. The van der Waals surface area contributed by atoms with Crippen molar-refractivity contribution in [1.82, 2.24) is 4.98 Å². The van der Waals surface area contributed by atoms with Gasteiger partial charge in [-0.1, -0.05) is 23.8 Å². The van der Waals surface area contributed by atoms with E-state index in [1.165, 1.54) is 0 Å². The molecular formula is C14H14ClN3OS. The first kappa shape index (κ1) is 14.6. The summed E-state index contributed by atoms with van der Waals surface area (Å²) in [7, 11) is 1.60. The van der Waals surface area contributed by atoms with Crippen LogP contribution >= 0.6 is 23.8 Å². The fraction of sp³-hybridized carbons (Fsp3) is 0.143. The van der Waals surface area contributed by atoms with E-state index in [1.807, 2.05) is 19.1 Å². The molecule has 0 radical (unpaired) electrons. The lowest BCUT2D eigenvalue weighted by molar-refractivity contribution is 0.417. The van der Waals surface area contributed by atoms with Crippen molar-refractivity contribution < 1.29 is 4.74 Å². The van der Waals surface area contributed by atoms with Crippen molar-refractivity contribution in [3.05, 3.63) is 46.7 Å². The van der Waals surface area contributed by atoms with Gasteiger partial charge in [-0.15, -0.1) is 0 Å². The molecular weight excluding hydrogens is 294 g/mol. The number of nitrogens with zero attached hydrogens (tertiary/aromatic N) is 1. The summed E-state index contributed by atoms with van der Waals surface area (Å²) in [4.78, 5) is 4.35. The first-order valence-electron chi connectivity index (χ1n) is 5.88. The molecule has 0 unspecified atom stereocenters. The van der Waals surface area contributed by atoms with Crippen LogP contribution in [0.15, 0.2) is 30.5 Å². The zero-order chi connectivity index (χ0) is 14.7. The number of nitrogens with one attached hydrogen (secondary N) is 1. The first-order chi connectivity index (χ1) is 9.51. The van der Waals surface area contributed by atoms with E-state index in [-0.39, 0.29) is 4.99 Å². The van der Waals surface area contributed by atoms with E-state index in [9.17, 15) is 0 Å². The van der Waals surface area contributed by atoms with Gasteiger partial charge in [-0.3, -0.25) is 4.98 Å². The minimum absolute atomic E-state index is 0.257. The van der Waals surface area contributed by atoms with Gasteiger partial charge >= 0.3 is 0 Å². The summed E-state index contributed by atoms with van der Waals surface area (Å²) < 4.78 is 5.32. The summed E-state index contributed by atoms with van der Waals surface area (Å²) >= 11 is 11.0. The molecule has 0 spiro atoms. The van der Waals surface area contributed by atoms with Crippen molar-refractivity contribution in [3.63, 3.8) is 0 Å². The summed E-state index contributed by atoms with van der Waals surface area (Å²) in [6.45, 7) is 1.93. The van der Waals surface area contributed by atoms with Gasteiger partial charge < -0.3 is 15.8 Å². The van der Waals surface area contributed by atoms with Gasteiger partial charge in [0.05, 0.1) is 18.5 Å². The molecule has 0 aliphatic rings. The molecule has 0 bridgehead atoms. The van der Waals surface area contributed by atoms with Crippen LogP contribution in [0.3, 0.4) is 0 Å². The number of halogens is 1. The summed E-state index contributed by atoms with van der Waals surface area (Å²) in [5.74, 6) is 0.661. The quantitative estimate of drug-likeness (QED) is 0.847. The molecule has 0 amide bonds. The van der Waals surface area contributed by atoms with Crippen molar-refractivity contribution in [1.29, 1.82) is 0 Å². The Morgan fingerprint density at radius 2 is 2.15 bits per heavy atom. The van der Waals surface area contributed by atoms with E-state index >= 15 is 0 Å². The van der Waals surface area contributed by atoms with E-state index < -0.39 is 0 Å². The Morgan fingerprint density at radius 1 is 1.40 bits per heavy atom. The molecule has 6 heteroatoms. The number of hydrogen-bond acceptors (Lipinski definition) is 4. The van der Waals surface area contributed by atoms with Gasteiger partial charge in [0.2, 0.25) is 0 Å². The molecule has 0 aliphatic heterocycles. The molecule has 1 aromatic carbocycles. The molecule has 2 aromatic rings. The molecule has 4 nitrogen and oxygen atoms in total. The Labute approximate surface area is 127 Å². The zero-order valence-electron chi connectivity index (χ0n) is 11.1. The first-order valence-corrected chi connectivity index (χ1v) is 6.67. The predicted molar refractivity (Wildman–Crippen MR) is 86.1 cm³/mol. The number of thiocarbonyl (C=S) groups is 1. The van der Waals surface area contributed by atoms with Crippen molar-refractivity contribution >= 4 is 40.2 Å². The third-order valence-corrected chi connectivity index (χ3v) is 3.39. The molecule has 1 aromatic heterocycles. The molecule has 0 aliphatic carbocycles. The van der Waals surface area contributed by atoms with Crippen LogP contribution in [0.5, 0.6) is 5.75 Å². The highest BCUT2D eigenvalue weighted by atomic mass is 35.5. The SMILES string of the molecule is COc1cc(Cl)c(C)cc1Nc1ccnc(C(N)=S)c1. The Hall–Kier alpha value is -1.85. The standard InChI is InChI=1S/C14H14ClN3OS/c1-8-5-11(13(19-2)7-10(8)15)18-9-3-4-17-12(6-9)14(16)20/h3-7H,1-2H3,(H2,16,20)(H,17,18). The number of benzene rings is 1. The van der Waals surface area contributed by atoms with Crippen LogP contribution in [-0.2, 0) is 0 Å². The molecule has 0 saturated carbocycles. The van der Waals surface area contributed by atoms with Crippen LogP contribution in [0.25, 0.3) is 0 Å². The second kappa shape index (κ2) is 6.07. The van der Waals surface area contributed by atoms with Gasteiger partial charge in [0, 0.05) is 23.0 Å². The van der Waals surface area contributed by atoms with E-state index in [0.717, 1.165) is 16.9 Å². The highest BCUT2D eigenvalue weighted by molar-refractivity contribution is 7.80. The molecule has 20 heavy (non-hydrogen) atoms. The minimum atomic E-state index is 0.257. The minimum Gasteiger partial charge on any atom is -0.495 e. The van der Waals surface area contributed by atoms with E-state index in [4.69, 9.17) is 34.3 Å². The number of nitrogens with two attached hydrogens (primary N) is 1. The molecule has 3 N–H and O–H groups in total. The van der Waals surface area contributed by atoms with Crippen LogP contribution in [0.2, 0.25) is 5.02 Å². The summed E-state index contributed by atoms with van der Waals surface area (Å²) in [5.41, 5.74) is 8.73. The van der Waals surface area contributed by atoms with Crippen LogP contribution in [0.1, 0.15) is 11.3 Å². The molecule has 104 valence electrons. The van der Waals surface area contributed by atoms with Gasteiger partial charge in [0.15, 0.2) is 0 Å². The summed E-state index contributed by atoms with van der Waals surface area (Å²) in [6.07, 6.45) is 1.64. The number of rotatable bonds is 4. The van der Waals surface area contributed by atoms with Crippen molar-refractivity contribution in [2.75, 3.05) is 12.4 Å². The topological polar surface area (TPSA) is 60.2 Å². The van der Waals surface area contributed by atoms with E-state index in [2.05, 4.69) is 10.3 Å². The third-order valence-electron chi connectivity index (χ3n) is 2.77. The Kier molecular flexibility index (Phi) is 4.42. The number of pyridine rings is 1. The average molecular weight is 308 g/mol. The maximum Gasteiger partial charge on any atom is 0.143 e. The monoisotopic (exact) mass is 307 g/mol. The lowest BCUT2D eigenvalue weighted by Gasteiger charge is -2.13. The highest BCUT2D eigenvalue weighted by Gasteiger charge is 2.08. The van der Waals surface area contributed by atoms with Crippen molar-refractivity contribution in [2.45, 2.75) is 6.92 Å². The van der Waals surface area contributed by atoms with Crippen molar-refractivity contribution in [3.8, 4) is 5.75 Å². The van der Waals surface area contributed by atoms with Crippen molar-refractivity contribution in [2.24, 2.45) is 5.73 Å². The summed E-state index contributed by atoms with van der Waals surface area (Å²) in [6, 6.07) is 7.30. The number of aryl methyl sites for hydroxylation is 1. The van der Waals surface area contributed by atoms with Crippen LogP contribution < -0.4 is 15.8 Å². The van der Waals surface area contributed by atoms with Gasteiger partial charge in [0.25, 0.3) is 0 Å². The second-order valence-electron chi connectivity index (χ2n) is 4.22. The molecule has 0 atom stereocenters. The van der Waals surface area contributed by atoms with E-state index in [0.29, 0.717) is 16.5 Å². The van der Waals surface area contributed by atoms with Crippen LogP contribution in [-0.4, -0.2) is 17.1 Å². The Morgan fingerprint density at radius 3 is 2.80 bits per heavy atom. The summed E-state index contributed by atoms with van der Waals surface area (Å²) in [5, 5.41) is 3.91. The van der Waals surface area contributed by atoms with Crippen LogP contribution in [0.4, 0.5) is 11.4 Å². The number of aromatic nitrogens is 1. The fourth-order valence-electron chi connectivity index (χ4n) is 1.73.